The van der Waals surface area contributed by atoms with Gasteiger partial charge in [0.15, 0.2) is 5.58 Å². The Bertz CT molecular complexity index is 633. The lowest BCUT2D eigenvalue weighted by molar-refractivity contribution is 0.0873. The predicted molar refractivity (Wildman–Crippen MR) is 76.6 cm³/mol. The molecule has 1 aromatic carbocycles. The van der Waals surface area contributed by atoms with Gasteiger partial charge in [0.05, 0.1) is 11.6 Å². The van der Waals surface area contributed by atoms with Crippen molar-refractivity contribution in [3.8, 4) is 0 Å². The first-order valence-corrected chi connectivity index (χ1v) is 7.49. The molecule has 0 saturated carbocycles. The van der Waals surface area contributed by atoms with Crippen LogP contribution in [0, 0.1) is 5.92 Å². The van der Waals surface area contributed by atoms with Crippen LogP contribution in [-0.2, 0) is 4.74 Å². The van der Waals surface area contributed by atoms with Gasteiger partial charge < -0.3 is 9.15 Å². The van der Waals surface area contributed by atoms with E-state index in [-0.39, 0.29) is 4.83 Å². The molecular formula is C14H16BrNO3. The molecule has 3 unspecified atom stereocenters. The van der Waals surface area contributed by atoms with E-state index in [1.54, 1.807) is 0 Å². The van der Waals surface area contributed by atoms with Gasteiger partial charge in [-0.25, -0.2) is 4.79 Å². The number of aromatic amines is 1. The zero-order chi connectivity index (χ0) is 13.4. The molecule has 1 aromatic heterocycles. The number of hydrogen-bond acceptors (Lipinski definition) is 3. The van der Waals surface area contributed by atoms with Gasteiger partial charge in [0.2, 0.25) is 0 Å². The summed E-state index contributed by atoms with van der Waals surface area (Å²) in [5.74, 6) is 0.0574. The standard InChI is InChI=1S/C14H16BrNO3/c1-2-11-9(5-6-18-11)13(15)8-3-4-10-12(7-8)19-14(17)16-10/h3-4,7,9,11,13H,2,5-6H2,1H3,(H,16,17). The Hall–Kier alpha value is -1.07. The maximum atomic E-state index is 11.2. The van der Waals surface area contributed by atoms with Gasteiger partial charge in [-0.3, -0.25) is 4.98 Å². The van der Waals surface area contributed by atoms with E-state index in [1.165, 1.54) is 0 Å². The predicted octanol–water partition coefficient (Wildman–Crippen LogP) is 3.37. The van der Waals surface area contributed by atoms with Crippen LogP contribution in [0.15, 0.2) is 27.4 Å². The van der Waals surface area contributed by atoms with Crippen molar-refractivity contribution >= 4 is 27.0 Å². The van der Waals surface area contributed by atoms with Gasteiger partial charge in [0, 0.05) is 17.4 Å². The fourth-order valence-corrected chi connectivity index (χ4v) is 3.69. The summed E-state index contributed by atoms with van der Waals surface area (Å²) in [5.41, 5.74) is 2.48. The van der Waals surface area contributed by atoms with Crippen molar-refractivity contribution in [2.24, 2.45) is 5.92 Å². The zero-order valence-electron chi connectivity index (χ0n) is 10.7. The van der Waals surface area contributed by atoms with Gasteiger partial charge in [-0.05, 0) is 30.5 Å². The quantitative estimate of drug-likeness (QED) is 0.880. The third kappa shape index (κ3) is 2.37. The van der Waals surface area contributed by atoms with Crippen molar-refractivity contribution in [2.75, 3.05) is 6.61 Å². The van der Waals surface area contributed by atoms with E-state index in [0.717, 1.165) is 30.5 Å². The molecule has 19 heavy (non-hydrogen) atoms. The molecule has 1 saturated heterocycles. The third-order valence-corrected chi connectivity index (χ3v) is 5.01. The first-order valence-electron chi connectivity index (χ1n) is 6.57. The van der Waals surface area contributed by atoms with Crippen LogP contribution in [0.4, 0.5) is 0 Å². The van der Waals surface area contributed by atoms with Crippen molar-refractivity contribution in [3.63, 3.8) is 0 Å². The van der Waals surface area contributed by atoms with Crippen molar-refractivity contribution in [2.45, 2.75) is 30.7 Å². The van der Waals surface area contributed by atoms with E-state index in [2.05, 4.69) is 27.8 Å². The van der Waals surface area contributed by atoms with E-state index in [0.29, 0.717) is 17.6 Å². The van der Waals surface area contributed by atoms with Crippen LogP contribution in [0.25, 0.3) is 11.1 Å². The Kier molecular flexibility index (Phi) is 3.50. The summed E-state index contributed by atoms with van der Waals surface area (Å²) in [6, 6.07) is 5.84. The topological polar surface area (TPSA) is 55.2 Å². The van der Waals surface area contributed by atoms with Gasteiger partial charge in [-0.15, -0.1) is 0 Å². The van der Waals surface area contributed by atoms with E-state index in [9.17, 15) is 4.79 Å². The molecule has 1 aliphatic heterocycles. The Balaban J connectivity index is 1.92. The molecule has 5 heteroatoms. The zero-order valence-corrected chi connectivity index (χ0v) is 12.3. The minimum absolute atomic E-state index is 0.226. The number of nitrogens with one attached hydrogen (secondary N) is 1. The van der Waals surface area contributed by atoms with Gasteiger partial charge >= 0.3 is 5.76 Å². The summed E-state index contributed by atoms with van der Waals surface area (Å²) in [4.78, 5) is 14.0. The normalized spacial score (nSPS) is 24.9. The third-order valence-electron chi connectivity index (χ3n) is 3.80. The van der Waals surface area contributed by atoms with Gasteiger partial charge in [-0.2, -0.15) is 0 Å². The molecule has 0 spiro atoms. The molecule has 2 heterocycles. The molecule has 0 amide bonds. The van der Waals surface area contributed by atoms with E-state index in [1.807, 2.05) is 18.2 Å². The van der Waals surface area contributed by atoms with Crippen molar-refractivity contribution in [3.05, 3.63) is 34.3 Å². The first kappa shape index (κ1) is 12.9. The lowest BCUT2D eigenvalue weighted by atomic mass is 9.92. The molecule has 102 valence electrons. The Morgan fingerprint density at radius 2 is 2.37 bits per heavy atom. The monoisotopic (exact) mass is 325 g/mol. The summed E-state index contributed by atoms with van der Waals surface area (Å²) in [5, 5.41) is 0. The van der Waals surface area contributed by atoms with E-state index in [4.69, 9.17) is 9.15 Å². The average molecular weight is 326 g/mol. The largest absolute Gasteiger partial charge is 0.417 e. The molecule has 1 aliphatic rings. The summed E-state index contributed by atoms with van der Waals surface area (Å²) in [6.07, 6.45) is 2.39. The molecule has 1 N–H and O–H groups in total. The fraction of sp³-hybridized carbons (Fsp3) is 0.500. The second-order valence-electron chi connectivity index (χ2n) is 4.94. The number of ether oxygens (including phenoxy) is 1. The number of hydrogen-bond donors (Lipinski definition) is 1. The number of oxazole rings is 1. The number of rotatable bonds is 3. The number of H-pyrrole nitrogens is 1. The molecule has 0 aliphatic carbocycles. The second kappa shape index (κ2) is 5.13. The number of fused-ring (bicyclic) bond motifs is 1. The fourth-order valence-electron chi connectivity index (χ4n) is 2.80. The lowest BCUT2D eigenvalue weighted by Crippen LogP contribution is -2.18. The van der Waals surface area contributed by atoms with Crippen LogP contribution in [-0.4, -0.2) is 17.7 Å². The van der Waals surface area contributed by atoms with Crippen LogP contribution in [0.2, 0.25) is 0 Å². The molecule has 0 bridgehead atoms. The number of benzene rings is 1. The highest BCUT2D eigenvalue weighted by molar-refractivity contribution is 9.09. The highest BCUT2D eigenvalue weighted by Gasteiger charge is 2.33. The summed E-state index contributed by atoms with van der Waals surface area (Å²) < 4.78 is 10.9. The molecule has 3 rings (SSSR count). The van der Waals surface area contributed by atoms with Gasteiger partial charge in [-0.1, -0.05) is 28.9 Å². The van der Waals surface area contributed by atoms with Gasteiger partial charge in [0.25, 0.3) is 0 Å². The molecule has 4 nitrogen and oxygen atoms in total. The second-order valence-corrected chi connectivity index (χ2v) is 5.93. The Morgan fingerprint density at radius 3 is 3.16 bits per heavy atom. The first-order chi connectivity index (χ1) is 9.19. The van der Waals surface area contributed by atoms with Crippen LogP contribution in [0.3, 0.4) is 0 Å². The number of halogens is 1. The van der Waals surface area contributed by atoms with Crippen LogP contribution in [0.1, 0.15) is 30.2 Å². The minimum Gasteiger partial charge on any atom is -0.408 e. The number of alkyl halides is 1. The lowest BCUT2D eigenvalue weighted by Gasteiger charge is -2.22. The highest BCUT2D eigenvalue weighted by Crippen LogP contribution is 2.40. The Labute approximate surface area is 119 Å². The minimum atomic E-state index is -0.408. The molecular weight excluding hydrogens is 310 g/mol. The molecule has 3 atom stereocenters. The van der Waals surface area contributed by atoms with Crippen LogP contribution < -0.4 is 5.76 Å². The van der Waals surface area contributed by atoms with E-state index < -0.39 is 5.76 Å². The average Bonchev–Trinajstić information content (AvgIpc) is 3.01. The smallest absolute Gasteiger partial charge is 0.408 e. The maximum Gasteiger partial charge on any atom is 0.417 e. The maximum absolute atomic E-state index is 11.2. The van der Waals surface area contributed by atoms with Gasteiger partial charge in [0.1, 0.15) is 0 Å². The molecule has 1 fully saturated rings. The Morgan fingerprint density at radius 1 is 1.53 bits per heavy atom. The van der Waals surface area contributed by atoms with Crippen LogP contribution >= 0.6 is 15.9 Å². The van der Waals surface area contributed by atoms with Crippen molar-refractivity contribution in [1.82, 2.24) is 4.98 Å². The summed E-state index contributed by atoms with van der Waals surface area (Å²) in [7, 11) is 0. The summed E-state index contributed by atoms with van der Waals surface area (Å²) >= 11 is 3.78. The molecule has 0 radical (unpaired) electrons. The SMILES string of the molecule is CCC1OCCC1C(Br)c1ccc2[nH]c(=O)oc2c1. The number of aromatic nitrogens is 1. The van der Waals surface area contributed by atoms with Crippen molar-refractivity contribution in [1.29, 1.82) is 0 Å². The highest BCUT2D eigenvalue weighted by atomic mass is 79.9. The summed E-state index contributed by atoms with van der Waals surface area (Å²) in [6.45, 7) is 2.98. The van der Waals surface area contributed by atoms with Crippen molar-refractivity contribution < 1.29 is 9.15 Å². The molecule has 2 aromatic rings. The van der Waals surface area contributed by atoms with E-state index >= 15 is 0 Å². The van der Waals surface area contributed by atoms with Crippen LogP contribution in [0.5, 0.6) is 0 Å².